The maximum atomic E-state index is 10.3. The van der Waals surface area contributed by atoms with Gasteiger partial charge in [-0.25, -0.2) is 0 Å². The van der Waals surface area contributed by atoms with Crippen LogP contribution in [0.25, 0.3) is 0 Å². The fraction of sp³-hybridized carbons (Fsp3) is 0.333. The van der Waals surface area contributed by atoms with Gasteiger partial charge in [0.2, 0.25) is 0 Å². The summed E-state index contributed by atoms with van der Waals surface area (Å²) in [6, 6.07) is 11.1. The molecule has 0 fully saturated rings. The molecule has 1 N–H and O–H groups in total. The largest absolute Gasteiger partial charge is 0.508 e. The standard InChI is InChI=1S/C9H10BrNO3.C6H5NO3.C3H6Br2/c10-6-1-7-14-9-4-2-8(3-5-9)11(12)13;8-6-3-1-5(2-4-6)7(9)10;4-2-1-3-5/h2-5H,1,6-7H2;1-4,8H;1-3H2. The molecular formula is C18H21Br3N2O6. The molecule has 0 unspecified atom stereocenters. The zero-order valence-corrected chi connectivity index (χ0v) is 20.1. The van der Waals surface area contributed by atoms with Gasteiger partial charge in [-0.3, -0.25) is 20.2 Å². The monoisotopic (exact) mass is 598 g/mol. The minimum absolute atomic E-state index is 0.0159. The second-order valence-electron chi connectivity index (χ2n) is 5.15. The molecule has 29 heavy (non-hydrogen) atoms. The van der Waals surface area contributed by atoms with E-state index < -0.39 is 9.85 Å². The number of rotatable bonds is 8. The van der Waals surface area contributed by atoms with Crippen molar-refractivity contribution in [2.75, 3.05) is 22.6 Å². The summed E-state index contributed by atoms with van der Waals surface area (Å²) in [6.45, 7) is 0.614. The van der Waals surface area contributed by atoms with Crippen LogP contribution < -0.4 is 4.74 Å². The molecule has 2 rings (SSSR count). The molecule has 2 aromatic rings. The molecule has 0 bridgehead atoms. The minimum Gasteiger partial charge on any atom is -0.508 e. The summed E-state index contributed by atoms with van der Waals surface area (Å²) in [5, 5.41) is 32.2. The van der Waals surface area contributed by atoms with Gasteiger partial charge in [0.15, 0.2) is 0 Å². The highest BCUT2D eigenvalue weighted by Gasteiger charge is 2.03. The van der Waals surface area contributed by atoms with Gasteiger partial charge in [-0.1, -0.05) is 47.8 Å². The zero-order chi connectivity index (χ0) is 22.1. The third kappa shape index (κ3) is 14.0. The average Bonchev–Trinajstić information content (AvgIpc) is 2.70. The van der Waals surface area contributed by atoms with Crippen LogP contribution in [0.4, 0.5) is 11.4 Å². The van der Waals surface area contributed by atoms with E-state index in [0.717, 1.165) is 22.4 Å². The van der Waals surface area contributed by atoms with E-state index in [1.165, 1.54) is 42.8 Å². The summed E-state index contributed by atoms with van der Waals surface area (Å²) in [4.78, 5) is 19.4. The van der Waals surface area contributed by atoms with E-state index in [4.69, 9.17) is 9.84 Å². The van der Waals surface area contributed by atoms with Crippen molar-refractivity contribution in [3.63, 3.8) is 0 Å². The number of nitrogens with zero attached hydrogens (tertiary/aromatic N) is 2. The Morgan fingerprint density at radius 1 is 0.759 bits per heavy atom. The Bertz CT molecular complexity index is 713. The summed E-state index contributed by atoms with van der Waals surface area (Å²) >= 11 is 9.84. The fourth-order valence-corrected chi connectivity index (χ4v) is 3.08. The molecule has 160 valence electrons. The van der Waals surface area contributed by atoms with Crippen LogP contribution in [0.1, 0.15) is 12.8 Å². The Hall–Kier alpha value is -1.72. The second-order valence-corrected chi connectivity index (χ2v) is 7.53. The van der Waals surface area contributed by atoms with Crippen LogP contribution in [-0.4, -0.2) is 37.6 Å². The number of hydrogen-bond acceptors (Lipinski definition) is 6. The van der Waals surface area contributed by atoms with Crippen LogP contribution >= 0.6 is 47.8 Å². The second kappa shape index (κ2) is 17.2. The topological polar surface area (TPSA) is 116 Å². The van der Waals surface area contributed by atoms with Crippen LogP contribution in [-0.2, 0) is 0 Å². The van der Waals surface area contributed by atoms with Crippen molar-refractivity contribution in [2.45, 2.75) is 12.8 Å². The average molecular weight is 601 g/mol. The first-order valence-corrected chi connectivity index (χ1v) is 11.7. The van der Waals surface area contributed by atoms with Gasteiger partial charge >= 0.3 is 0 Å². The van der Waals surface area contributed by atoms with Crippen molar-refractivity contribution in [2.24, 2.45) is 0 Å². The molecule has 0 spiro atoms. The third-order valence-corrected chi connectivity index (χ3v) is 4.60. The highest BCUT2D eigenvalue weighted by Crippen LogP contribution is 2.17. The van der Waals surface area contributed by atoms with Crippen molar-refractivity contribution in [1.82, 2.24) is 0 Å². The number of halogens is 3. The number of hydrogen-bond donors (Lipinski definition) is 1. The van der Waals surface area contributed by atoms with E-state index in [1.54, 1.807) is 12.1 Å². The number of nitro benzene ring substituents is 2. The van der Waals surface area contributed by atoms with Crippen molar-refractivity contribution in [3.8, 4) is 11.5 Å². The lowest BCUT2D eigenvalue weighted by Crippen LogP contribution is -1.97. The Morgan fingerprint density at radius 3 is 1.52 bits per heavy atom. The summed E-state index contributed by atoms with van der Waals surface area (Å²) in [5.41, 5.74) is 0.0654. The van der Waals surface area contributed by atoms with E-state index in [1.807, 2.05) is 0 Å². The first-order chi connectivity index (χ1) is 13.8. The van der Waals surface area contributed by atoms with Crippen molar-refractivity contribution >= 4 is 59.2 Å². The molecule has 0 saturated carbocycles. The normalized spacial score (nSPS) is 9.34. The molecule has 0 saturated heterocycles. The lowest BCUT2D eigenvalue weighted by Gasteiger charge is -2.03. The molecule has 8 nitrogen and oxygen atoms in total. The number of ether oxygens (including phenoxy) is 1. The molecule has 0 aromatic heterocycles. The number of alkyl halides is 3. The molecule has 0 aliphatic carbocycles. The Morgan fingerprint density at radius 2 is 1.17 bits per heavy atom. The highest BCUT2D eigenvalue weighted by molar-refractivity contribution is 9.09. The number of non-ortho nitro benzene ring substituents is 2. The lowest BCUT2D eigenvalue weighted by molar-refractivity contribution is -0.385. The predicted octanol–water partition coefficient (Wildman–Crippen LogP) is 6.23. The van der Waals surface area contributed by atoms with Gasteiger partial charge in [0.05, 0.1) is 16.5 Å². The van der Waals surface area contributed by atoms with Crippen LogP contribution in [0.2, 0.25) is 0 Å². The van der Waals surface area contributed by atoms with E-state index in [9.17, 15) is 20.2 Å². The van der Waals surface area contributed by atoms with Gasteiger partial charge in [-0.2, -0.15) is 0 Å². The van der Waals surface area contributed by atoms with Crippen molar-refractivity contribution in [3.05, 3.63) is 68.8 Å². The number of nitro groups is 2. The van der Waals surface area contributed by atoms with Crippen LogP contribution in [0.5, 0.6) is 11.5 Å². The molecule has 0 heterocycles. The van der Waals surface area contributed by atoms with E-state index in [0.29, 0.717) is 12.4 Å². The fourth-order valence-electron chi connectivity index (χ4n) is 1.53. The number of phenols is 1. The van der Waals surface area contributed by atoms with Crippen molar-refractivity contribution < 1.29 is 19.7 Å². The predicted molar refractivity (Wildman–Crippen MR) is 124 cm³/mol. The van der Waals surface area contributed by atoms with Crippen LogP contribution in [0.3, 0.4) is 0 Å². The van der Waals surface area contributed by atoms with Crippen molar-refractivity contribution in [1.29, 1.82) is 0 Å². The molecule has 2 aromatic carbocycles. The summed E-state index contributed by atoms with van der Waals surface area (Å²) in [6.07, 6.45) is 2.14. The lowest BCUT2D eigenvalue weighted by atomic mass is 10.3. The third-order valence-electron chi connectivity index (χ3n) is 2.92. The summed E-state index contributed by atoms with van der Waals surface area (Å²) in [7, 11) is 0. The van der Waals surface area contributed by atoms with Crippen LogP contribution in [0, 0.1) is 20.2 Å². The Kier molecular flexibility index (Phi) is 16.1. The maximum absolute atomic E-state index is 10.3. The Balaban J connectivity index is 0.000000455. The van der Waals surface area contributed by atoms with Gasteiger partial charge in [-0.15, -0.1) is 0 Å². The van der Waals surface area contributed by atoms with E-state index in [2.05, 4.69) is 47.8 Å². The molecular weight excluding hydrogens is 580 g/mol. The van der Waals surface area contributed by atoms with Gasteiger partial charge in [0.25, 0.3) is 11.4 Å². The minimum atomic E-state index is -0.514. The van der Waals surface area contributed by atoms with E-state index in [-0.39, 0.29) is 17.1 Å². The quantitative estimate of drug-likeness (QED) is 0.166. The SMILES string of the molecule is BrCCCBr.O=[N+]([O-])c1ccc(O)cc1.O=[N+]([O-])c1ccc(OCCCBr)cc1. The zero-order valence-electron chi connectivity index (χ0n) is 15.4. The molecule has 0 aliphatic rings. The molecule has 11 heteroatoms. The number of aromatic hydroxyl groups is 1. The molecule has 0 radical (unpaired) electrons. The summed E-state index contributed by atoms with van der Waals surface area (Å²) < 4.78 is 5.33. The molecule has 0 amide bonds. The number of phenolic OH excluding ortho intramolecular Hbond substituents is 1. The molecule has 0 atom stereocenters. The first-order valence-electron chi connectivity index (χ1n) is 8.34. The van der Waals surface area contributed by atoms with E-state index >= 15 is 0 Å². The first kappa shape index (κ1) is 27.3. The summed E-state index contributed by atoms with van der Waals surface area (Å²) in [5.74, 6) is 0.696. The van der Waals surface area contributed by atoms with Gasteiger partial charge in [0.1, 0.15) is 11.5 Å². The number of benzene rings is 2. The smallest absolute Gasteiger partial charge is 0.269 e. The van der Waals surface area contributed by atoms with Gasteiger partial charge < -0.3 is 9.84 Å². The van der Waals surface area contributed by atoms with Gasteiger partial charge in [-0.05, 0) is 37.1 Å². The maximum Gasteiger partial charge on any atom is 0.269 e. The van der Waals surface area contributed by atoms with Gasteiger partial charge in [0, 0.05) is 40.3 Å². The molecule has 0 aliphatic heterocycles. The highest BCUT2D eigenvalue weighted by atomic mass is 79.9. The van der Waals surface area contributed by atoms with Crippen LogP contribution in [0.15, 0.2) is 48.5 Å². The Labute approximate surface area is 194 Å².